The molecule has 0 saturated heterocycles. The van der Waals surface area contributed by atoms with Crippen molar-refractivity contribution in [2.24, 2.45) is 11.8 Å². The maximum absolute atomic E-state index is 14.4. The zero-order valence-electron chi connectivity index (χ0n) is 23.8. The molecule has 0 spiro atoms. The van der Waals surface area contributed by atoms with Crippen molar-refractivity contribution < 1.29 is 35.9 Å². The molecule has 1 amide bonds. The van der Waals surface area contributed by atoms with E-state index in [1.54, 1.807) is 40.8 Å². The highest BCUT2D eigenvalue weighted by Crippen LogP contribution is 2.32. The zero-order chi connectivity index (χ0) is 30.8. The summed E-state index contributed by atoms with van der Waals surface area (Å²) in [6.45, 7) is 6.69. The van der Waals surface area contributed by atoms with E-state index in [-0.39, 0.29) is 36.7 Å². The van der Waals surface area contributed by atoms with E-state index >= 15 is 0 Å². The number of Topliss-reactive ketones (excluding diaryl/α,β-unsaturated/α-hetero) is 1. The van der Waals surface area contributed by atoms with E-state index in [1.807, 2.05) is 12.2 Å². The van der Waals surface area contributed by atoms with Gasteiger partial charge in [0.2, 0.25) is 5.91 Å². The number of alkyl halides is 5. The summed E-state index contributed by atoms with van der Waals surface area (Å²) in [5, 5.41) is 11.2. The predicted molar refractivity (Wildman–Crippen MR) is 142 cm³/mol. The van der Waals surface area contributed by atoms with E-state index in [2.05, 4.69) is 15.7 Å². The number of aromatic nitrogens is 2. The lowest BCUT2D eigenvalue weighted by molar-refractivity contribution is -0.141. The molecule has 2 unspecified atom stereocenters. The van der Waals surface area contributed by atoms with Crippen LogP contribution in [0, 0.1) is 11.8 Å². The van der Waals surface area contributed by atoms with E-state index in [0.29, 0.717) is 12.0 Å². The Morgan fingerprint density at radius 3 is 2.30 bits per heavy atom. The van der Waals surface area contributed by atoms with Crippen LogP contribution < -0.4 is 16.0 Å². The van der Waals surface area contributed by atoms with Gasteiger partial charge in [0.05, 0.1) is 17.8 Å². The molecule has 0 aliphatic rings. The van der Waals surface area contributed by atoms with Crippen LogP contribution in [0.2, 0.25) is 0 Å². The monoisotopic (exact) mass is 579 g/mol. The van der Waals surface area contributed by atoms with Crippen molar-refractivity contribution in [3.63, 3.8) is 0 Å². The molecule has 0 fully saturated rings. The first-order valence-electron chi connectivity index (χ1n) is 12.8. The molecule has 0 aliphatic carbocycles. The van der Waals surface area contributed by atoms with Gasteiger partial charge in [0, 0.05) is 25.6 Å². The third-order valence-corrected chi connectivity index (χ3v) is 5.93. The van der Waals surface area contributed by atoms with Gasteiger partial charge in [-0.05, 0) is 56.5 Å². The summed E-state index contributed by atoms with van der Waals surface area (Å²) in [4.78, 5) is 24.5. The molecule has 1 rings (SSSR count). The topological polar surface area (TPSA) is 88.0 Å². The van der Waals surface area contributed by atoms with Gasteiger partial charge in [0.25, 0.3) is 0 Å². The van der Waals surface area contributed by atoms with Crippen LogP contribution in [0.3, 0.4) is 0 Å². The van der Waals surface area contributed by atoms with Crippen molar-refractivity contribution in [2.75, 3.05) is 13.6 Å². The fourth-order valence-electron chi connectivity index (χ4n) is 3.72. The lowest BCUT2D eigenvalue weighted by atomic mass is 9.97. The SMILES string of the molecule is CCC(C)/C=C(\C=C(\F)C(C)=O)c1cc(C(F)(F)F)nn1CC(C)(C)NC(=O)C(C)C/C(=C/NC(F)F)CNC. The van der Waals surface area contributed by atoms with Gasteiger partial charge >= 0.3 is 12.7 Å². The first-order valence-corrected chi connectivity index (χ1v) is 12.8. The van der Waals surface area contributed by atoms with Crippen molar-refractivity contribution in [3.8, 4) is 0 Å². The highest BCUT2D eigenvalue weighted by atomic mass is 19.4. The summed E-state index contributed by atoms with van der Waals surface area (Å²) < 4.78 is 81.4. The number of hydrogen-bond acceptors (Lipinski definition) is 5. The van der Waals surface area contributed by atoms with Crippen LogP contribution in [0.1, 0.15) is 65.8 Å². The molecule has 1 aromatic heterocycles. The molecular formula is C27H39F6N5O2. The standard InChI is InChI=1S/C27H39F6N5O2/c1-8-16(2)9-20(11-21(28)18(4)39)22-12-23(27(31,32)33)37-38(22)15-26(5,6)36-24(40)17(3)10-19(13-34-7)14-35-25(29)30/h9,11-12,14,16-17,25,34-35H,8,10,13,15H2,1-7H3,(H,36,40)/b19-14-,20-9+,21-11+. The first-order chi connectivity index (χ1) is 18.4. The Morgan fingerprint density at radius 1 is 1.18 bits per heavy atom. The summed E-state index contributed by atoms with van der Waals surface area (Å²) >= 11 is 0. The largest absolute Gasteiger partial charge is 0.435 e. The number of likely N-dealkylation sites (N-methyl/N-ethyl adjacent to an activating group) is 1. The van der Waals surface area contributed by atoms with Crippen molar-refractivity contribution in [1.29, 1.82) is 0 Å². The Kier molecular flexibility index (Phi) is 13.2. The van der Waals surface area contributed by atoms with Gasteiger partial charge in [-0.3, -0.25) is 14.3 Å². The number of allylic oxidation sites excluding steroid dienone is 4. The summed E-state index contributed by atoms with van der Waals surface area (Å²) in [6.07, 6.45) is -0.454. The second kappa shape index (κ2) is 15.1. The molecule has 0 aromatic carbocycles. The van der Waals surface area contributed by atoms with Gasteiger partial charge in [0.1, 0.15) is 0 Å². The van der Waals surface area contributed by atoms with E-state index in [4.69, 9.17) is 0 Å². The molecular weight excluding hydrogens is 540 g/mol. The third-order valence-electron chi connectivity index (χ3n) is 5.93. The van der Waals surface area contributed by atoms with E-state index < -0.39 is 47.4 Å². The van der Waals surface area contributed by atoms with Gasteiger partial charge in [-0.15, -0.1) is 0 Å². The predicted octanol–water partition coefficient (Wildman–Crippen LogP) is 5.61. The number of nitrogens with zero attached hydrogens (tertiary/aromatic N) is 2. The van der Waals surface area contributed by atoms with Crippen LogP contribution in [-0.4, -0.2) is 47.2 Å². The van der Waals surface area contributed by atoms with Crippen molar-refractivity contribution in [1.82, 2.24) is 25.7 Å². The van der Waals surface area contributed by atoms with Crippen molar-refractivity contribution in [3.05, 3.63) is 47.2 Å². The number of ketones is 1. The lowest BCUT2D eigenvalue weighted by Crippen LogP contribution is -2.49. The highest BCUT2D eigenvalue weighted by Gasteiger charge is 2.36. The summed E-state index contributed by atoms with van der Waals surface area (Å²) in [7, 11) is 1.63. The molecule has 13 heteroatoms. The van der Waals surface area contributed by atoms with Crippen LogP contribution in [0.4, 0.5) is 26.3 Å². The molecule has 3 N–H and O–H groups in total. The molecule has 1 heterocycles. The lowest BCUT2D eigenvalue weighted by Gasteiger charge is -2.29. The second-order valence-electron chi connectivity index (χ2n) is 10.4. The van der Waals surface area contributed by atoms with E-state index in [9.17, 15) is 35.9 Å². The third kappa shape index (κ3) is 11.6. The van der Waals surface area contributed by atoms with Gasteiger partial charge in [0.15, 0.2) is 17.3 Å². The highest BCUT2D eigenvalue weighted by molar-refractivity contribution is 5.94. The summed E-state index contributed by atoms with van der Waals surface area (Å²) in [5.41, 5.74) is -1.84. The molecule has 7 nitrogen and oxygen atoms in total. The second-order valence-corrected chi connectivity index (χ2v) is 10.4. The number of carbonyl (C=O) groups excluding carboxylic acids is 2. The van der Waals surface area contributed by atoms with Crippen molar-refractivity contribution in [2.45, 2.75) is 79.2 Å². The molecule has 2 atom stereocenters. The summed E-state index contributed by atoms with van der Waals surface area (Å²) in [6, 6.07) is 0.781. The van der Waals surface area contributed by atoms with Gasteiger partial charge in [-0.2, -0.15) is 27.1 Å². The van der Waals surface area contributed by atoms with E-state index in [0.717, 1.165) is 29.9 Å². The van der Waals surface area contributed by atoms with Crippen LogP contribution in [0.15, 0.2) is 35.8 Å². The van der Waals surface area contributed by atoms with Crippen LogP contribution >= 0.6 is 0 Å². The molecule has 0 aliphatic heterocycles. The molecule has 0 saturated carbocycles. The molecule has 40 heavy (non-hydrogen) atoms. The molecule has 0 radical (unpaired) electrons. The molecule has 1 aromatic rings. The quantitative estimate of drug-likeness (QED) is 0.109. The normalized spacial score (nSPS) is 15.3. The van der Waals surface area contributed by atoms with Crippen LogP contribution in [-0.2, 0) is 22.3 Å². The Hall–Kier alpha value is -3.09. The maximum Gasteiger partial charge on any atom is 0.435 e. The summed E-state index contributed by atoms with van der Waals surface area (Å²) in [5.74, 6) is -3.27. The minimum Gasteiger partial charge on any atom is -0.349 e. The van der Waals surface area contributed by atoms with Crippen LogP contribution in [0.5, 0.6) is 0 Å². The minimum atomic E-state index is -4.80. The average molecular weight is 580 g/mol. The van der Waals surface area contributed by atoms with Crippen LogP contribution in [0.25, 0.3) is 5.57 Å². The number of hydrogen-bond donors (Lipinski definition) is 3. The Bertz CT molecular complexity index is 1110. The van der Waals surface area contributed by atoms with E-state index in [1.165, 1.54) is 0 Å². The fraction of sp³-hybridized carbons (Fsp3) is 0.593. The Labute approximate surface area is 231 Å². The van der Waals surface area contributed by atoms with Crippen molar-refractivity contribution >= 4 is 17.3 Å². The van der Waals surface area contributed by atoms with Gasteiger partial charge < -0.3 is 16.0 Å². The number of rotatable bonds is 15. The first kappa shape index (κ1) is 34.9. The van der Waals surface area contributed by atoms with Gasteiger partial charge in [-0.25, -0.2) is 4.39 Å². The number of amides is 1. The number of nitrogens with one attached hydrogen (secondary N) is 3. The number of carbonyl (C=O) groups is 2. The number of halogens is 6. The van der Waals surface area contributed by atoms with Gasteiger partial charge in [-0.1, -0.05) is 33.3 Å². The molecule has 0 bridgehead atoms. The smallest absolute Gasteiger partial charge is 0.349 e. The molecule has 226 valence electrons. The Balaban J connectivity index is 3.38. The Morgan fingerprint density at radius 2 is 1.80 bits per heavy atom. The fourth-order valence-corrected chi connectivity index (χ4v) is 3.72. The minimum absolute atomic E-state index is 0.0499. The average Bonchev–Trinajstić information content (AvgIpc) is 3.24. The maximum atomic E-state index is 14.4. The zero-order valence-corrected chi connectivity index (χ0v) is 23.8.